The van der Waals surface area contributed by atoms with Crippen LogP contribution in [0.15, 0.2) is 59.5 Å². The highest BCUT2D eigenvalue weighted by molar-refractivity contribution is 7.89. The van der Waals surface area contributed by atoms with Gasteiger partial charge in [-0.3, -0.25) is 10.2 Å². The second kappa shape index (κ2) is 6.89. The molecule has 2 aromatic carbocycles. The molecule has 24 heavy (non-hydrogen) atoms. The molecule has 2 rings (SSSR count). The minimum atomic E-state index is -4.90. The van der Waals surface area contributed by atoms with Gasteiger partial charge < -0.3 is 4.74 Å². The average molecular weight is 360 g/mol. The van der Waals surface area contributed by atoms with Gasteiger partial charge in [0.2, 0.25) is 0 Å². The summed E-state index contributed by atoms with van der Waals surface area (Å²) in [6, 6.07) is 11.4. The molecule has 0 radical (unpaired) electrons. The zero-order valence-electron chi connectivity index (χ0n) is 11.9. The number of rotatable bonds is 5. The molecular formula is C14H11F3N2O4S. The Morgan fingerprint density at radius 2 is 1.67 bits per heavy atom. The quantitative estimate of drug-likeness (QED) is 0.801. The number of halogens is 3. The van der Waals surface area contributed by atoms with Crippen molar-refractivity contribution in [2.24, 2.45) is 0 Å². The third kappa shape index (κ3) is 4.96. The van der Waals surface area contributed by atoms with Crippen LogP contribution in [-0.2, 0) is 10.0 Å². The van der Waals surface area contributed by atoms with E-state index in [1.807, 2.05) is 10.3 Å². The molecule has 0 unspecified atom stereocenters. The zero-order valence-corrected chi connectivity index (χ0v) is 12.7. The molecule has 0 saturated heterocycles. The molecule has 0 aliphatic rings. The molecule has 0 heterocycles. The molecule has 1 amide bonds. The molecule has 0 aliphatic heterocycles. The van der Waals surface area contributed by atoms with Crippen molar-refractivity contribution in [1.29, 1.82) is 0 Å². The van der Waals surface area contributed by atoms with Crippen molar-refractivity contribution in [3.8, 4) is 5.75 Å². The molecule has 0 fully saturated rings. The van der Waals surface area contributed by atoms with E-state index in [9.17, 15) is 26.4 Å². The standard InChI is InChI=1S/C14H11F3N2O4S/c15-14(16,17)23-11-6-4-5-10(9-11)13(20)18-19-24(21,22)12-7-2-1-3-8-12/h1-9,19H,(H,18,20). The topological polar surface area (TPSA) is 84.5 Å². The van der Waals surface area contributed by atoms with Crippen LogP contribution in [0.1, 0.15) is 10.4 Å². The zero-order chi connectivity index (χ0) is 17.8. The normalized spacial score (nSPS) is 11.8. The largest absolute Gasteiger partial charge is 0.573 e. The van der Waals surface area contributed by atoms with E-state index in [2.05, 4.69) is 4.74 Å². The van der Waals surface area contributed by atoms with Gasteiger partial charge in [-0.2, -0.15) is 0 Å². The minimum absolute atomic E-state index is 0.0838. The summed E-state index contributed by atoms with van der Waals surface area (Å²) in [6.07, 6.45) is -4.90. The van der Waals surface area contributed by atoms with Gasteiger partial charge >= 0.3 is 6.36 Å². The van der Waals surface area contributed by atoms with E-state index < -0.39 is 28.0 Å². The number of alkyl halides is 3. The van der Waals surface area contributed by atoms with Crippen LogP contribution in [0.4, 0.5) is 13.2 Å². The van der Waals surface area contributed by atoms with Gasteiger partial charge in [-0.05, 0) is 30.3 Å². The van der Waals surface area contributed by atoms with E-state index in [0.717, 1.165) is 12.1 Å². The van der Waals surface area contributed by atoms with Crippen LogP contribution in [0, 0.1) is 0 Å². The maximum Gasteiger partial charge on any atom is 0.573 e. The summed E-state index contributed by atoms with van der Waals surface area (Å²) in [4.78, 5) is 13.6. The highest BCUT2D eigenvalue weighted by Gasteiger charge is 2.31. The Labute approximate surface area is 135 Å². The molecule has 0 atom stereocenters. The predicted molar refractivity (Wildman–Crippen MR) is 77.4 cm³/mol. The monoisotopic (exact) mass is 360 g/mol. The predicted octanol–water partition coefficient (Wildman–Crippen LogP) is 2.21. The summed E-state index contributed by atoms with van der Waals surface area (Å²) in [5, 5.41) is 0. The number of nitrogens with one attached hydrogen (secondary N) is 2. The first kappa shape index (κ1) is 17.8. The van der Waals surface area contributed by atoms with Crippen molar-refractivity contribution in [3.05, 3.63) is 60.2 Å². The second-order valence-electron chi connectivity index (χ2n) is 4.45. The Morgan fingerprint density at radius 1 is 1.00 bits per heavy atom. The average Bonchev–Trinajstić information content (AvgIpc) is 2.52. The number of sulfonamides is 1. The molecule has 2 N–H and O–H groups in total. The van der Waals surface area contributed by atoms with Crippen LogP contribution in [0.25, 0.3) is 0 Å². The Morgan fingerprint density at radius 3 is 2.29 bits per heavy atom. The summed E-state index contributed by atoms with van der Waals surface area (Å²) in [7, 11) is -4.00. The summed E-state index contributed by atoms with van der Waals surface area (Å²) in [6.45, 7) is 0. The summed E-state index contributed by atoms with van der Waals surface area (Å²) >= 11 is 0. The van der Waals surface area contributed by atoms with E-state index in [1.165, 1.54) is 36.4 Å². The Hall–Kier alpha value is -2.59. The van der Waals surface area contributed by atoms with Crippen molar-refractivity contribution in [3.63, 3.8) is 0 Å². The van der Waals surface area contributed by atoms with Crippen molar-refractivity contribution < 1.29 is 31.1 Å². The van der Waals surface area contributed by atoms with Gasteiger partial charge in [-0.1, -0.05) is 24.3 Å². The highest BCUT2D eigenvalue weighted by Crippen LogP contribution is 2.23. The maximum absolute atomic E-state index is 12.2. The first-order chi connectivity index (χ1) is 11.2. The van der Waals surface area contributed by atoms with E-state index in [-0.39, 0.29) is 10.5 Å². The summed E-state index contributed by atoms with van der Waals surface area (Å²) in [5.41, 5.74) is 1.70. The number of benzene rings is 2. The van der Waals surface area contributed by atoms with E-state index in [4.69, 9.17) is 0 Å². The van der Waals surface area contributed by atoms with E-state index in [0.29, 0.717) is 0 Å². The fourth-order valence-corrected chi connectivity index (χ4v) is 2.54. The Kier molecular flexibility index (Phi) is 5.10. The molecule has 0 saturated carbocycles. The third-order valence-electron chi connectivity index (χ3n) is 2.68. The summed E-state index contributed by atoms with van der Waals surface area (Å²) < 4.78 is 64.0. The Balaban J connectivity index is 2.07. The highest BCUT2D eigenvalue weighted by atomic mass is 32.2. The lowest BCUT2D eigenvalue weighted by molar-refractivity contribution is -0.274. The van der Waals surface area contributed by atoms with Crippen LogP contribution < -0.4 is 15.0 Å². The number of hydrogen-bond acceptors (Lipinski definition) is 4. The van der Waals surface area contributed by atoms with Gasteiger partial charge in [0.25, 0.3) is 15.9 Å². The number of hydrogen-bond donors (Lipinski definition) is 2. The van der Waals surface area contributed by atoms with Gasteiger partial charge in [0.1, 0.15) is 5.75 Å². The van der Waals surface area contributed by atoms with Crippen LogP contribution >= 0.6 is 0 Å². The second-order valence-corrected chi connectivity index (χ2v) is 6.13. The molecule has 128 valence electrons. The van der Waals surface area contributed by atoms with Crippen molar-refractivity contribution in [2.75, 3.05) is 0 Å². The molecule has 0 aliphatic carbocycles. The minimum Gasteiger partial charge on any atom is -0.406 e. The number of carbonyl (C=O) groups excluding carboxylic acids is 1. The lowest BCUT2D eigenvalue weighted by atomic mass is 10.2. The smallest absolute Gasteiger partial charge is 0.406 e. The molecule has 0 spiro atoms. The first-order valence-electron chi connectivity index (χ1n) is 6.40. The van der Waals surface area contributed by atoms with Gasteiger partial charge in [-0.25, -0.2) is 8.42 Å². The van der Waals surface area contributed by atoms with Crippen LogP contribution in [-0.4, -0.2) is 20.7 Å². The lowest BCUT2D eigenvalue weighted by Gasteiger charge is -2.11. The number of amides is 1. The lowest BCUT2D eigenvalue weighted by Crippen LogP contribution is -2.41. The molecule has 10 heteroatoms. The van der Waals surface area contributed by atoms with Gasteiger partial charge in [0.05, 0.1) is 4.90 Å². The van der Waals surface area contributed by atoms with Gasteiger partial charge in [0.15, 0.2) is 0 Å². The fourth-order valence-electron chi connectivity index (χ4n) is 1.68. The van der Waals surface area contributed by atoms with Crippen LogP contribution in [0.2, 0.25) is 0 Å². The fraction of sp³-hybridized carbons (Fsp3) is 0.0714. The van der Waals surface area contributed by atoms with Crippen LogP contribution in [0.3, 0.4) is 0 Å². The van der Waals surface area contributed by atoms with Crippen molar-refractivity contribution in [2.45, 2.75) is 11.3 Å². The maximum atomic E-state index is 12.2. The van der Waals surface area contributed by atoms with E-state index >= 15 is 0 Å². The van der Waals surface area contributed by atoms with Crippen LogP contribution in [0.5, 0.6) is 5.75 Å². The number of carbonyl (C=O) groups is 1. The van der Waals surface area contributed by atoms with Gasteiger partial charge in [-0.15, -0.1) is 18.0 Å². The third-order valence-corrected chi connectivity index (χ3v) is 3.95. The molecule has 0 aromatic heterocycles. The summed E-state index contributed by atoms with van der Waals surface area (Å²) in [5.74, 6) is -1.54. The molecule has 0 bridgehead atoms. The molecule has 6 nitrogen and oxygen atoms in total. The van der Waals surface area contributed by atoms with Crippen molar-refractivity contribution in [1.82, 2.24) is 10.3 Å². The molecular weight excluding hydrogens is 349 g/mol. The van der Waals surface area contributed by atoms with Gasteiger partial charge in [0, 0.05) is 5.56 Å². The SMILES string of the molecule is O=C(NNS(=O)(=O)c1ccccc1)c1cccc(OC(F)(F)F)c1. The van der Waals surface area contributed by atoms with E-state index in [1.54, 1.807) is 6.07 Å². The number of ether oxygens (including phenoxy) is 1. The number of hydrazine groups is 1. The molecule has 2 aromatic rings. The first-order valence-corrected chi connectivity index (χ1v) is 7.89. The Bertz CT molecular complexity index is 823. The van der Waals surface area contributed by atoms with Crippen molar-refractivity contribution >= 4 is 15.9 Å².